The molecular formula is C12H10BrFN2O. The van der Waals surface area contributed by atoms with Crippen molar-refractivity contribution in [3.05, 3.63) is 58.3 Å². The van der Waals surface area contributed by atoms with E-state index in [2.05, 4.69) is 25.9 Å². The molecule has 0 aliphatic rings. The molecule has 0 aliphatic carbocycles. The molecular weight excluding hydrogens is 287 g/mol. The summed E-state index contributed by atoms with van der Waals surface area (Å²) in [5.74, 6) is -0.317. The number of aliphatic hydroxyl groups excluding tert-OH is 1. The van der Waals surface area contributed by atoms with Crippen LogP contribution in [0.4, 0.5) is 4.39 Å². The Morgan fingerprint density at radius 1 is 1.35 bits per heavy atom. The predicted octanol–water partition coefficient (Wildman–Crippen LogP) is 2.65. The lowest BCUT2D eigenvalue weighted by Gasteiger charge is -2.09. The second kappa shape index (κ2) is 5.33. The molecule has 1 atom stereocenters. The number of rotatable bonds is 3. The number of benzene rings is 1. The fraction of sp³-hybridized carbons (Fsp3) is 0.167. The first-order chi connectivity index (χ1) is 8.16. The molecule has 17 heavy (non-hydrogen) atoms. The molecule has 2 aromatic rings. The van der Waals surface area contributed by atoms with Gasteiger partial charge < -0.3 is 5.11 Å². The SMILES string of the molecule is OC(Cc1ccc(F)c(Br)c1)c1cnccn1. The van der Waals surface area contributed by atoms with E-state index in [4.69, 9.17) is 0 Å². The Kier molecular flexibility index (Phi) is 3.81. The van der Waals surface area contributed by atoms with E-state index in [9.17, 15) is 9.50 Å². The smallest absolute Gasteiger partial charge is 0.137 e. The van der Waals surface area contributed by atoms with Crippen molar-refractivity contribution in [3.8, 4) is 0 Å². The van der Waals surface area contributed by atoms with Gasteiger partial charge in [0.25, 0.3) is 0 Å². The standard InChI is InChI=1S/C12H10BrFN2O/c13-9-5-8(1-2-10(9)14)6-12(17)11-7-15-3-4-16-11/h1-5,7,12,17H,6H2. The highest BCUT2D eigenvalue weighted by Gasteiger charge is 2.11. The molecule has 0 radical (unpaired) electrons. The van der Waals surface area contributed by atoms with E-state index in [1.165, 1.54) is 18.5 Å². The van der Waals surface area contributed by atoms with Gasteiger partial charge in [-0.05, 0) is 33.6 Å². The highest BCUT2D eigenvalue weighted by atomic mass is 79.9. The summed E-state index contributed by atoms with van der Waals surface area (Å²) in [6.07, 6.45) is 4.23. The average molecular weight is 297 g/mol. The third-order valence-electron chi connectivity index (χ3n) is 2.34. The number of nitrogens with zero attached hydrogens (tertiary/aromatic N) is 2. The van der Waals surface area contributed by atoms with Crippen molar-refractivity contribution in [1.29, 1.82) is 0 Å². The zero-order valence-corrected chi connectivity index (χ0v) is 10.4. The molecule has 0 saturated carbocycles. The fourth-order valence-corrected chi connectivity index (χ4v) is 1.90. The van der Waals surface area contributed by atoms with Crippen LogP contribution in [0.2, 0.25) is 0 Å². The van der Waals surface area contributed by atoms with Crippen molar-refractivity contribution >= 4 is 15.9 Å². The van der Waals surface area contributed by atoms with Crippen LogP contribution in [0.3, 0.4) is 0 Å². The van der Waals surface area contributed by atoms with Crippen LogP contribution in [0.1, 0.15) is 17.4 Å². The molecule has 88 valence electrons. The van der Waals surface area contributed by atoms with Crippen LogP contribution in [0, 0.1) is 5.82 Å². The van der Waals surface area contributed by atoms with E-state index < -0.39 is 6.10 Å². The summed E-state index contributed by atoms with van der Waals surface area (Å²) in [7, 11) is 0. The summed E-state index contributed by atoms with van der Waals surface area (Å²) in [6, 6.07) is 4.65. The fourth-order valence-electron chi connectivity index (χ4n) is 1.48. The second-order valence-electron chi connectivity index (χ2n) is 3.60. The Bertz CT molecular complexity index is 507. The third kappa shape index (κ3) is 3.08. The highest BCUT2D eigenvalue weighted by molar-refractivity contribution is 9.10. The third-order valence-corrected chi connectivity index (χ3v) is 2.95. The van der Waals surface area contributed by atoms with Gasteiger partial charge in [-0.15, -0.1) is 0 Å². The normalized spacial score (nSPS) is 12.4. The van der Waals surface area contributed by atoms with Crippen LogP contribution in [-0.4, -0.2) is 15.1 Å². The summed E-state index contributed by atoms with van der Waals surface area (Å²) < 4.78 is 13.4. The van der Waals surface area contributed by atoms with E-state index in [0.717, 1.165) is 5.56 Å². The molecule has 0 aliphatic heterocycles. The number of aromatic nitrogens is 2. The van der Waals surface area contributed by atoms with Crippen molar-refractivity contribution < 1.29 is 9.50 Å². The minimum atomic E-state index is -0.735. The summed E-state index contributed by atoms with van der Waals surface area (Å²) in [5, 5.41) is 9.92. The van der Waals surface area contributed by atoms with Gasteiger partial charge in [0.2, 0.25) is 0 Å². The van der Waals surface area contributed by atoms with Gasteiger partial charge in [-0.1, -0.05) is 6.07 Å². The monoisotopic (exact) mass is 296 g/mol. The molecule has 0 bridgehead atoms. The molecule has 1 heterocycles. The molecule has 1 aromatic heterocycles. The summed E-state index contributed by atoms with van der Waals surface area (Å²) in [4.78, 5) is 7.90. The number of hydrogen-bond donors (Lipinski definition) is 1. The number of halogens is 2. The van der Waals surface area contributed by atoms with Crippen LogP contribution >= 0.6 is 15.9 Å². The zero-order chi connectivity index (χ0) is 12.3. The topological polar surface area (TPSA) is 46.0 Å². The van der Waals surface area contributed by atoms with Crippen molar-refractivity contribution in [2.24, 2.45) is 0 Å². The first-order valence-electron chi connectivity index (χ1n) is 5.04. The van der Waals surface area contributed by atoms with Gasteiger partial charge in [-0.3, -0.25) is 9.97 Å². The Morgan fingerprint density at radius 3 is 2.82 bits per heavy atom. The van der Waals surface area contributed by atoms with Crippen LogP contribution in [0.15, 0.2) is 41.3 Å². The number of aliphatic hydroxyl groups is 1. The van der Waals surface area contributed by atoms with Crippen molar-refractivity contribution in [3.63, 3.8) is 0 Å². The summed E-state index contributed by atoms with van der Waals surface area (Å²) in [6.45, 7) is 0. The first-order valence-corrected chi connectivity index (χ1v) is 5.84. The molecule has 0 spiro atoms. The van der Waals surface area contributed by atoms with Crippen molar-refractivity contribution in [2.75, 3.05) is 0 Å². The van der Waals surface area contributed by atoms with Gasteiger partial charge in [0.1, 0.15) is 11.9 Å². The maximum atomic E-state index is 13.0. The minimum Gasteiger partial charge on any atom is -0.386 e. The number of hydrogen-bond acceptors (Lipinski definition) is 3. The molecule has 2 rings (SSSR count). The molecule has 0 fully saturated rings. The first kappa shape index (κ1) is 12.1. The van der Waals surface area contributed by atoms with Gasteiger partial charge in [0.15, 0.2) is 0 Å². The maximum absolute atomic E-state index is 13.0. The van der Waals surface area contributed by atoms with Crippen LogP contribution in [0.25, 0.3) is 0 Å². The lowest BCUT2D eigenvalue weighted by atomic mass is 10.1. The molecule has 0 amide bonds. The molecule has 1 N–H and O–H groups in total. The van der Waals surface area contributed by atoms with E-state index in [1.807, 2.05) is 0 Å². The highest BCUT2D eigenvalue weighted by Crippen LogP contribution is 2.21. The van der Waals surface area contributed by atoms with Crippen LogP contribution in [-0.2, 0) is 6.42 Å². The van der Waals surface area contributed by atoms with Gasteiger partial charge in [-0.2, -0.15) is 0 Å². The van der Waals surface area contributed by atoms with Gasteiger partial charge >= 0.3 is 0 Å². The van der Waals surface area contributed by atoms with Crippen LogP contribution in [0.5, 0.6) is 0 Å². The summed E-state index contributed by atoms with van der Waals surface area (Å²) in [5.41, 5.74) is 1.34. The maximum Gasteiger partial charge on any atom is 0.137 e. The van der Waals surface area contributed by atoms with E-state index in [1.54, 1.807) is 18.3 Å². The average Bonchev–Trinajstić information content (AvgIpc) is 2.35. The van der Waals surface area contributed by atoms with E-state index in [0.29, 0.717) is 16.6 Å². The quantitative estimate of drug-likeness (QED) is 0.947. The van der Waals surface area contributed by atoms with Gasteiger partial charge in [0, 0.05) is 18.8 Å². The van der Waals surface area contributed by atoms with E-state index >= 15 is 0 Å². The van der Waals surface area contributed by atoms with Crippen LogP contribution < -0.4 is 0 Å². The van der Waals surface area contributed by atoms with Crippen molar-refractivity contribution in [2.45, 2.75) is 12.5 Å². The lowest BCUT2D eigenvalue weighted by molar-refractivity contribution is 0.173. The van der Waals surface area contributed by atoms with E-state index in [-0.39, 0.29) is 5.82 Å². The molecule has 3 nitrogen and oxygen atoms in total. The Labute approximate surface area is 106 Å². The zero-order valence-electron chi connectivity index (χ0n) is 8.85. The Morgan fingerprint density at radius 2 is 2.18 bits per heavy atom. The molecule has 1 unspecified atom stereocenters. The predicted molar refractivity (Wildman–Crippen MR) is 64.8 cm³/mol. The molecule has 1 aromatic carbocycles. The molecule has 5 heteroatoms. The minimum absolute atomic E-state index is 0.317. The lowest BCUT2D eigenvalue weighted by Crippen LogP contribution is -2.04. The van der Waals surface area contributed by atoms with Crippen molar-refractivity contribution in [1.82, 2.24) is 9.97 Å². The summed E-state index contributed by atoms with van der Waals surface area (Å²) >= 11 is 3.11. The van der Waals surface area contributed by atoms with Gasteiger partial charge in [0.05, 0.1) is 16.4 Å². The second-order valence-corrected chi connectivity index (χ2v) is 4.45. The molecule has 0 saturated heterocycles. The van der Waals surface area contributed by atoms with Gasteiger partial charge in [-0.25, -0.2) is 4.39 Å². The largest absolute Gasteiger partial charge is 0.386 e. The Hall–Kier alpha value is -1.33. The Balaban J connectivity index is 2.13.